The number of methoxy groups -OCH3 is 1. The van der Waals surface area contributed by atoms with Crippen LogP contribution in [0.1, 0.15) is 20.3 Å². The Balaban J connectivity index is 2.44. The van der Waals surface area contributed by atoms with Crippen LogP contribution < -0.4 is 0 Å². The molecule has 0 spiro atoms. The Hall–Kier alpha value is -0.570. The molecule has 1 aliphatic rings. The van der Waals surface area contributed by atoms with E-state index in [0.29, 0.717) is 0 Å². The van der Waals surface area contributed by atoms with Crippen molar-refractivity contribution >= 4 is 5.97 Å². The Bertz CT molecular complexity index is 169. The molecule has 11 heavy (non-hydrogen) atoms. The first-order valence-electron chi connectivity index (χ1n) is 3.77. The van der Waals surface area contributed by atoms with E-state index in [1.807, 2.05) is 0 Å². The molecule has 0 aromatic rings. The van der Waals surface area contributed by atoms with Gasteiger partial charge in [0.25, 0.3) is 0 Å². The van der Waals surface area contributed by atoms with Gasteiger partial charge in [0.05, 0.1) is 18.6 Å². The van der Waals surface area contributed by atoms with E-state index < -0.39 is 5.60 Å². The lowest BCUT2D eigenvalue weighted by molar-refractivity contribution is -0.143. The van der Waals surface area contributed by atoms with Crippen molar-refractivity contribution in [3.8, 4) is 0 Å². The minimum atomic E-state index is -0.737. The molecule has 2 atom stereocenters. The zero-order valence-electron chi connectivity index (χ0n) is 7.13. The van der Waals surface area contributed by atoms with Crippen molar-refractivity contribution in [2.24, 2.45) is 11.8 Å². The Kier molecular flexibility index (Phi) is 1.92. The number of esters is 1. The van der Waals surface area contributed by atoms with Crippen molar-refractivity contribution < 1.29 is 14.6 Å². The summed E-state index contributed by atoms with van der Waals surface area (Å²) < 4.78 is 4.55. The lowest BCUT2D eigenvalue weighted by atomic mass is 10.0. The average molecular weight is 158 g/mol. The molecule has 0 aromatic carbocycles. The van der Waals surface area contributed by atoms with Gasteiger partial charge >= 0.3 is 5.97 Å². The lowest BCUT2D eigenvalue weighted by Crippen LogP contribution is -2.24. The standard InChI is InChI=1S/C8H14O3/c1-8(2,10)6-4-5(6)7(9)11-3/h5-6,10H,4H2,1-3H3/t5-,6-/m1/s1. The molecule has 64 valence electrons. The molecule has 1 fully saturated rings. The van der Waals surface area contributed by atoms with Crippen LogP contribution in [0.2, 0.25) is 0 Å². The number of carbonyl (C=O) groups is 1. The molecule has 1 N–H and O–H groups in total. The van der Waals surface area contributed by atoms with E-state index in [9.17, 15) is 9.90 Å². The molecule has 0 saturated heterocycles. The van der Waals surface area contributed by atoms with E-state index in [0.717, 1.165) is 6.42 Å². The topological polar surface area (TPSA) is 46.5 Å². The maximum absolute atomic E-state index is 10.9. The van der Waals surface area contributed by atoms with Gasteiger partial charge in [0.1, 0.15) is 0 Å². The Morgan fingerprint density at radius 3 is 2.45 bits per heavy atom. The average Bonchev–Trinajstić information content (AvgIpc) is 2.62. The monoisotopic (exact) mass is 158 g/mol. The molecule has 0 heterocycles. The summed E-state index contributed by atoms with van der Waals surface area (Å²) in [6, 6.07) is 0. The Labute approximate surface area is 66.4 Å². The van der Waals surface area contributed by atoms with Gasteiger partial charge in [-0.25, -0.2) is 0 Å². The largest absolute Gasteiger partial charge is 0.469 e. The third kappa shape index (κ3) is 1.71. The highest BCUT2D eigenvalue weighted by molar-refractivity contribution is 5.75. The third-order valence-corrected chi connectivity index (χ3v) is 2.20. The van der Waals surface area contributed by atoms with Crippen LogP contribution in [0.25, 0.3) is 0 Å². The minimum Gasteiger partial charge on any atom is -0.469 e. The first kappa shape index (κ1) is 8.53. The van der Waals surface area contributed by atoms with Crippen LogP contribution >= 0.6 is 0 Å². The second kappa shape index (κ2) is 2.48. The summed E-state index contributed by atoms with van der Waals surface area (Å²) >= 11 is 0. The molecule has 0 unspecified atom stereocenters. The summed E-state index contributed by atoms with van der Waals surface area (Å²) in [5.41, 5.74) is -0.737. The summed E-state index contributed by atoms with van der Waals surface area (Å²) in [6.45, 7) is 3.45. The van der Waals surface area contributed by atoms with E-state index in [-0.39, 0.29) is 17.8 Å². The quantitative estimate of drug-likeness (QED) is 0.597. The smallest absolute Gasteiger partial charge is 0.309 e. The minimum absolute atomic E-state index is 0.0694. The molecule has 0 radical (unpaired) electrons. The number of hydrogen-bond donors (Lipinski definition) is 1. The second-order valence-electron chi connectivity index (χ2n) is 3.63. The maximum atomic E-state index is 10.9. The third-order valence-electron chi connectivity index (χ3n) is 2.20. The maximum Gasteiger partial charge on any atom is 0.309 e. The molecule has 1 saturated carbocycles. The highest BCUT2D eigenvalue weighted by Gasteiger charge is 2.51. The van der Waals surface area contributed by atoms with Crippen molar-refractivity contribution in [1.29, 1.82) is 0 Å². The summed E-state index contributed by atoms with van der Waals surface area (Å²) in [7, 11) is 1.38. The van der Waals surface area contributed by atoms with Crippen LogP contribution in [-0.4, -0.2) is 23.8 Å². The van der Waals surface area contributed by atoms with Crippen molar-refractivity contribution in [3.63, 3.8) is 0 Å². The van der Waals surface area contributed by atoms with Gasteiger partial charge < -0.3 is 9.84 Å². The second-order valence-corrected chi connectivity index (χ2v) is 3.63. The van der Waals surface area contributed by atoms with Crippen LogP contribution in [-0.2, 0) is 9.53 Å². The molecule has 0 bridgehead atoms. The van der Waals surface area contributed by atoms with Crippen molar-refractivity contribution in [1.82, 2.24) is 0 Å². The number of hydrogen-bond acceptors (Lipinski definition) is 3. The number of aliphatic hydroxyl groups is 1. The van der Waals surface area contributed by atoms with Gasteiger partial charge in [0.15, 0.2) is 0 Å². The molecular formula is C8H14O3. The molecule has 0 aliphatic heterocycles. The van der Waals surface area contributed by atoms with Crippen LogP contribution in [0.15, 0.2) is 0 Å². The summed E-state index contributed by atoms with van der Waals surface area (Å²) in [5.74, 6) is -0.174. The van der Waals surface area contributed by atoms with Gasteiger partial charge in [-0.05, 0) is 20.3 Å². The van der Waals surface area contributed by atoms with Crippen molar-refractivity contribution in [2.45, 2.75) is 25.9 Å². The van der Waals surface area contributed by atoms with Crippen molar-refractivity contribution in [2.75, 3.05) is 7.11 Å². The number of carbonyl (C=O) groups excluding carboxylic acids is 1. The highest BCUT2D eigenvalue weighted by Crippen LogP contribution is 2.46. The SMILES string of the molecule is COC(=O)[C@@H]1C[C@H]1C(C)(C)O. The van der Waals surface area contributed by atoms with Gasteiger partial charge in [-0.15, -0.1) is 0 Å². The highest BCUT2D eigenvalue weighted by atomic mass is 16.5. The van der Waals surface area contributed by atoms with Crippen LogP contribution in [0, 0.1) is 11.8 Å². The Morgan fingerprint density at radius 1 is 1.64 bits per heavy atom. The molecule has 3 heteroatoms. The van der Waals surface area contributed by atoms with Crippen molar-refractivity contribution in [3.05, 3.63) is 0 Å². The first-order valence-corrected chi connectivity index (χ1v) is 3.77. The molecule has 1 rings (SSSR count). The van der Waals surface area contributed by atoms with Crippen LogP contribution in [0.3, 0.4) is 0 Å². The van der Waals surface area contributed by atoms with Crippen LogP contribution in [0.4, 0.5) is 0 Å². The van der Waals surface area contributed by atoms with Gasteiger partial charge in [-0.1, -0.05) is 0 Å². The molecular weight excluding hydrogens is 144 g/mol. The lowest BCUT2D eigenvalue weighted by Gasteiger charge is -2.15. The van der Waals surface area contributed by atoms with Gasteiger partial charge in [-0.2, -0.15) is 0 Å². The van der Waals surface area contributed by atoms with E-state index >= 15 is 0 Å². The van der Waals surface area contributed by atoms with Crippen LogP contribution in [0.5, 0.6) is 0 Å². The summed E-state index contributed by atoms with van der Waals surface area (Å²) in [4.78, 5) is 10.9. The number of rotatable bonds is 2. The van der Waals surface area contributed by atoms with Gasteiger partial charge in [-0.3, -0.25) is 4.79 Å². The molecule has 1 aliphatic carbocycles. The van der Waals surface area contributed by atoms with E-state index in [1.54, 1.807) is 13.8 Å². The first-order chi connectivity index (χ1) is 4.96. The number of ether oxygens (including phenoxy) is 1. The fraction of sp³-hybridized carbons (Fsp3) is 0.875. The Morgan fingerprint density at radius 2 is 2.18 bits per heavy atom. The van der Waals surface area contributed by atoms with Gasteiger partial charge in [0.2, 0.25) is 0 Å². The summed E-state index contributed by atoms with van der Waals surface area (Å²) in [5, 5.41) is 9.46. The van der Waals surface area contributed by atoms with Gasteiger partial charge in [0, 0.05) is 5.92 Å². The zero-order chi connectivity index (χ0) is 8.65. The zero-order valence-corrected chi connectivity index (χ0v) is 7.13. The molecule has 0 aromatic heterocycles. The fourth-order valence-electron chi connectivity index (χ4n) is 1.39. The summed E-state index contributed by atoms with van der Waals surface area (Å²) in [6.07, 6.45) is 0.760. The molecule has 0 amide bonds. The van der Waals surface area contributed by atoms with E-state index in [1.165, 1.54) is 7.11 Å². The fourth-order valence-corrected chi connectivity index (χ4v) is 1.39. The predicted octanol–water partition coefficient (Wildman–Crippen LogP) is 0.566. The van der Waals surface area contributed by atoms with E-state index in [4.69, 9.17) is 0 Å². The van der Waals surface area contributed by atoms with E-state index in [2.05, 4.69) is 4.74 Å². The normalized spacial score (nSPS) is 29.8. The predicted molar refractivity (Wildman–Crippen MR) is 39.9 cm³/mol. The molecule has 3 nitrogen and oxygen atoms in total.